The number of rotatable bonds is 5. The number of hydrogen-bond acceptors (Lipinski definition) is 3. The molecule has 0 spiro atoms. The molecule has 1 aromatic carbocycles. The molecule has 1 aliphatic carbocycles. The highest BCUT2D eigenvalue weighted by atomic mass is 16.5. The molecule has 2 N–H and O–H groups in total. The Balaban J connectivity index is 1.96. The van der Waals surface area contributed by atoms with Crippen LogP contribution in [0.4, 0.5) is 0 Å². The number of phenols is 1. The van der Waals surface area contributed by atoms with Crippen molar-refractivity contribution in [1.82, 2.24) is 0 Å². The van der Waals surface area contributed by atoms with Crippen LogP contribution in [0.3, 0.4) is 0 Å². The first-order chi connectivity index (χ1) is 11.5. The minimum absolute atomic E-state index is 0.107. The fraction of sp³-hybridized carbons (Fsp3) is 0.619. The van der Waals surface area contributed by atoms with Crippen LogP contribution in [0.5, 0.6) is 11.5 Å². The molecule has 0 saturated heterocycles. The van der Waals surface area contributed by atoms with Gasteiger partial charge in [-0.25, -0.2) is 0 Å². The maximum atomic E-state index is 10.7. The molecular weight excluding hydrogens is 300 g/mol. The van der Waals surface area contributed by atoms with E-state index in [1.165, 1.54) is 12.8 Å². The molecule has 0 fully saturated rings. The van der Waals surface area contributed by atoms with Crippen LogP contribution in [0.25, 0.3) is 0 Å². The van der Waals surface area contributed by atoms with E-state index in [4.69, 9.17) is 4.74 Å². The predicted octanol–water partition coefficient (Wildman–Crippen LogP) is 4.71. The average molecular weight is 330 g/mol. The molecule has 0 radical (unpaired) electrons. The molecule has 0 saturated carbocycles. The van der Waals surface area contributed by atoms with Crippen molar-refractivity contribution >= 4 is 0 Å². The van der Waals surface area contributed by atoms with Crippen LogP contribution in [0.2, 0.25) is 0 Å². The van der Waals surface area contributed by atoms with Gasteiger partial charge in [0.05, 0.1) is 6.61 Å². The second-order valence-electron chi connectivity index (χ2n) is 7.86. The third kappa shape index (κ3) is 3.19. The lowest BCUT2D eigenvalue weighted by Crippen LogP contribution is -2.45. The minimum Gasteiger partial charge on any atom is -0.508 e. The Morgan fingerprint density at radius 3 is 2.75 bits per heavy atom. The molecule has 132 valence electrons. The van der Waals surface area contributed by atoms with E-state index >= 15 is 0 Å². The highest BCUT2D eigenvalue weighted by Crippen LogP contribution is 2.54. The Morgan fingerprint density at radius 1 is 1.25 bits per heavy atom. The van der Waals surface area contributed by atoms with Crippen LogP contribution in [-0.4, -0.2) is 22.4 Å². The molecular formula is C21H30O3. The predicted molar refractivity (Wildman–Crippen MR) is 96.7 cm³/mol. The molecule has 2 aliphatic rings. The average Bonchev–Trinajstić information content (AvgIpc) is 2.53. The Bertz CT molecular complexity index is 630. The number of aliphatic hydroxyl groups excluding tert-OH is 1. The van der Waals surface area contributed by atoms with E-state index in [1.807, 2.05) is 6.07 Å². The van der Waals surface area contributed by atoms with E-state index in [1.54, 1.807) is 0 Å². The lowest BCUT2D eigenvalue weighted by molar-refractivity contribution is 0.00673. The highest BCUT2D eigenvalue weighted by molar-refractivity contribution is 5.52. The molecule has 24 heavy (non-hydrogen) atoms. The van der Waals surface area contributed by atoms with Crippen molar-refractivity contribution in [2.75, 3.05) is 6.61 Å². The van der Waals surface area contributed by atoms with Gasteiger partial charge < -0.3 is 14.9 Å². The first kappa shape index (κ1) is 17.3. The number of phenolic OH excluding ortho intramolecular Hbond substituents is 1. The molecule has 1 heterocycles. The zero-order valence-corrected chi connectivity index (χ0v) is 15.1. The number of ether oxygens (including phenoxy) is 1. The van der Waals surface area contributed by atoms with Gasteiger partial charge in [0.25, 0.3) is 0 Å². The quantitative estimate of drug-likeness (QED) is 0.607. The van der Waals surface area contributed by atoms with Crippen molar-refractivity contribution in [1.29, 1.82) is 0 Å². The summed E-state index contributed by atoms with van der Waals surface area (Å²) >= 11 is 0. The van der Waals surface area contributed by atoms with Gasteiger partial charge in [-0.15, -0.1) is 0 Å². The van der Waals surface area contributed by atoms with Gasteiger partial charge in [0.1, 0.15) is 17.1 Å². The number of aromatic hydroxyl groups is 1. The normalized spacial score (nSPS) is 24.6. The lowest BCUT2D eigenvalue weighted by Gasteiger charge is -2.47. The molecule has 1 unspecified atom stereocenters. The van der Waals surface area contributed by atoms with Crippen molar-refractivity contribution in [3.05, 3.63) is 34.9 Å². The van der Waals surface area contributed by atoms with E-state index in [-0.39, 0.29) is 18.1 Å². The van der Waals surface area contributed by atoms with Gasteiger partial charge in [0, 0.05) is 17.4 Å². The summed E-state index contributed by atoms with van der Waals surface area (Å²) in [4.78, 5) is 0. The van der Waals surface area contributed by atoms with Crippen molar-refractivity contribution < 1.29 is 14.9 Å². The molecule has 0 aromatic heterocycles. The molecule has 0 bridgehead atoms. The van der Waals surface area contributed by atoms with Crippen LogP contribution in [0.1, 0.15) is 69.9 Å². The standard InChI is InChI=1S/C21H30O3/c1-4-5-6-7-14-11-18(23)20-16-10-15(13-22)8-9-17(16)21(2,3)24-19(20)12-14/h8,11-12,16-17,22-23H,4-7,9-10,13H2,1-3H3/t16?,17-/m1/s1. The van der Waals surface area contributed by atoms with E-state index in [9.17, 15) is 10.2 Å². The maximum absolute atomic E-state index is 10.7. The van der Waals surface area contributed by atoms with Crippen LogP contribution in [-0.2, 0) is 6.42 Å². The Kier molecular flexibility index (Phi) is 4.91. The molecule has 3 heteroatoms. The summed E-state index contributed by atoms with van der Waals surface area (Å²) in [5, 5.41) is 20.2. The highest BCUT2D eigenvalue weighted by Gasteiger charge is 2.45. The van der Waals surface area contributed by atoms with Crippen LogP contribution in [0.15, 0.2) is 23.8 Å². The van der Waals surface area contributed by atoms with Crippen molar-refractivity contribution in [3.63, 3.8) is 0 Å². The topological polar surface area (TPSA) is 49.7 Å². The number of unbranched alkanes of at least 4 members (excludes halogenated alkanes) is 2. The summed E-state index contributed by atoms with van der Waals surface area (Å²) in [5.74, 6) is 1.76. The van der Waals surface area contributed by atoms with Gasteiger partial charge >= 0.3 is 0 Å². The van der Waals surface area contributed by atoms with Gasteiger partial charge in [-0.05, 0) is 62.8 Å². The van der Waals surface area contributed by atoms with Crippen LogP contribution < -0.4 is 4.74 Å². The second-order valence-corrected chi connectivity index (χ2v) is 7.86. The molecule has 0 amide bonds. The summed E-state index contributed by atoms with van der Waals surface area (Å²) in [6, 6.07) is 4.05. The van der Waals surface area contributed by atoms with E-state index in [0.29, 0.717) is 11.7 Å². The Morgan fingerprint density at radius 2 is 2.04 bits per heavy atom. The van der Waals surface area contributed by atoms with Gasteiger partial charge in [-0.2, -0.15) is 0 Å². The summed E-state index contributed by atoms with van der Waals surface area (Å²) in [6.45, 7) is 6.60. The number of hydrogen-bond donors (Lipinski definition) is 2. The largest absolute Gasteiger partial charge is 0.508 e. The Labute approximate surface area is 145 Å². The van der Waals surface area contributed by atoms with Gasteiger partial charge in [0.15, 0.2) is 0 Å². The van der Waals surface area contributed by atoms with Crippen molar-refractivity contribution in [2.45, 2.75) is 70.8 Å². The smallest absolute Gasteiger partial charge is 0.127 e. The molecule has 2 atom stereocenters. The second kappa shape index (κ2) is 6.79. The summed E-state index contributed by atoms with van der Waals surface area (Å²) in [6.07, 6.45) is 8.37. The number of aryl methyl sites for hydroxylation is 1. The zero-order chi connectivity index (χ0) is 17.3. The van der Waals surface area contributed by atoms with E-state index < -0.39 is 0 Å². The molecule has 1 aromatic rings. The van der Waals surface area contributed by atoms with E-state index in [0.717, 1.165) is 48.1 Å². The van der Waals surface area contributed by atoms with Gasteiger partial charge in [0.2, 0.25) is 0 Å². The van der Waals surface area contributed by atoms with Crippen LogP contribution in [0, 0.1) is 5.92 Å². The molecule has 3 rings (SSSR count). The van der Waals surface area contributed by atoms with Crippen molar-refractivity contribution in [3.8, 4) is 11.5 Å². The number of fused-ring (bicyclic) bond motifs is 3. The third-order valence-electron chi connectivity index (χ3n) is 5.72. The number of aliphatic hydroxyl groups is 1. The SMILES string of the molecule is CCCCCc1cc(O)c2c(c1)OC(C)(C)[C@@H]1CC=C(CO)CC21. The number of allylic oxidation sites excluding steroid dienone is 1. The fourth-order valence-corrected chi connectivity index (χ4v) is 4.37. The lowest BCUT2D eigenvalue weighted by atomic mass is 9.67. The zero-order valence-electron chi connectivity index (χ0n) is 15.1. The summed E-state index contributed by atoms with van der Waals surface area (Å²) in [5.41, 5.74) is 2.91. The maximum Gasteiger partial charge on any atom is 0.127 e. The van der Waals surface area contributed by atoms with Crippen molar-refractivity contribution in [2.24, 2.45) is 5.92 Å². The first-order valence-electron chi connectivity index (χ1n) is 9.29. The molecule has 3 nitrogen and oxygen atoms in total. The summed E-state index contributed by atoms with van der Waals surface area (Å²) in [7, 11) is 0. The first-order valence-corrected chi connectivity index (χ1v) is 9.29. The fourth-order valence-electron chi connectivity index (χ4n) is 4.37. The van der Waals surface area contributed by atoms with Gasteiger partial charge in [-0.1, -0.05) is 25.8 Å². The van der Waals surface area contributed by atoms with Gasteiger partial charge in [-0.3, -0.25) is 0 Å². The monoisotopic (exact) mass is 330 g/mol. The number of benzene rings is 1. The third-order valence-corrected chi connectivity index (χ3v) is 5.72. The van der Waals surface area contributed by atoms with E-state index in [2.05, 4.69) is 32.9 Å². The van der Waals surface area contributed by atoms with Crippen LogP contribution >= 0.6 is 0 Å². The minimum atomic E-state index is -0.260. The molecule has 1 aliphatic heterocycles. The Hall–Kier alpha value is -1.48. The summed E-state index contributed by atoms with van der Waals surface area (Å²) < 4.78 is 6.33.